The van der Waals surface area contributed by atoms with Crippen LogP contribution in [0.25, 0.3) is 33.7 Å². The minimum absolute atomic E-state index is 0.766. The number of aliphatic carboxylic acids is 2. The summed E-state index contributed by atoms with van der Waals surface area (Å²) in [4.78, 5) is 38.3. The van der Waals surface area contributed by atoms with Gasteiger partial charge in [0.15, 0.2) is 5.82 Å². The number of likely N-dealkylation sites (N-methyl/N-ethyl adjacent to an activating group) is 2. The van der Waals surface area contributed by atoms with E-state index in [1.54, 1.807) is 0 Å². The number of nitrogens with one attached hydrogen (secondary N) is 2. The third-order valence-electron chi connectivity index (χ3n) is 9.85. The topological polar surface area (TPSA) is 142 Å². The highest BCUT2D eigenvalue weighted by Gasteiger charge is 2.16. The first-order valence-corrected chi connectivity index (χ1v) is 18.4. The number of carboxylic acid groups (broad SMARTS) is 2. The molecule has 2 aliphatic heterocycles. The van der Waals surface area contributed by atoms with Crippen molar-refractivity contribution in [3.05, 3.63) is 71.9 Å². The molecule has 4 N–H and O–H groups in total. The summed E-state index contributed by atoms with van der Waals surface area (Å²) in [5.74, 6) is -2.88. The van der Waals surface area contributed by atoms with Crippen molar-refractivity contribution in [2.45, 2.75) is 25.9 Å². The monoisotopic (exact) mass is 713 g/mol. The molecule has 2 aromatic carbocycles. The lowest BCUT2D eigenvalue weighted by Crippen LogP contribution is -2.45. The van der Waals surface area contributed by atoms with Crippen LogP contribution in [0, 0.1) is 0 Å². The largest absolute Gasteiger partial charge is 0.473 e. The molecule has 4 aromatic rings. The van der Waals surface area contributed by atoms with Crippen molar-refractivity contribution in [1.29, 1.82) is 0 Å². The number of fused-ring (bicyclic) bond motifs is 1. The number of aromatic nitrogens is 3. The number of rotatable bonds is 14. The molecule has 52 heavy (non-hydrogen) atoms. The first kappa shape index (κ1) is 39.0. The van der Waals surface area contributed by atoms with Crippen molar-refractivity contribution in [2.75, 3.05) is 92.6 Å². The zero-order valence-corrected chi connectivity index (χ0v) is 30.9. The van der Waals surface area contributed by atoms with E-state index in [2.05, 4.69) is 117 Å². The van der Waals surface area contributed by atoms with E-state index in [4.69, 9.17) is 29.8 Å². The van der Waals surface area contributed by atoms with Gasteiger partial charge in [0.05, 0.1) is 5.69 Å². The molecule has 0 radical (unpaired) electrons. The summed E-state index contributed by atoms with van der Waals surface area (Å²) in [5, 5.41) is 23.1. The standard InChI is InChI=1S/C37H53N9.C2H2O4/c1-42-20-24-45(25-21-42)17-4-15-38-28-30-6-10-32(11-7-30)35-34-14-19-44(3)37(34)41-36(40-35)33-12-8-31(9-13-33)29-39-16-5-18-46-26-22-43(2)23-27-46;3-1(4)2(5)6/h6-14,19,38-39H,4-5,15-18,20-29H2,1-3H3;(H,3,4)(H,5,6). The van der Waals surface area contributed by atoms with Crippen LogP contribution < -0.4 is 10.6 Å². The molecule has 0 saturated carbocycles. The molecule has 0 bridgehead atoms. The van der Waals surface area contributed by atoms with Gasteiger partial charge in [-0.15, -0.1) is 0 Å². The Kier molecular flexibility index (Phi) is 14.7. The highest BCUT2D eigenvalue weighted by atomic mass is 16.4. The molecular weight excluding hydrogens is 658 g/mol. The van der Waals surface area contributed by atoms with E-state index >= 15 is 0 Å². The molecule has 280 valence electrons. The SMILES string of the molecule is CN1CCN(CCCNCc2ccc(-c3nc(-c4ccc(CNCCCN5CCN(C)CC5)cc4)c4ccn(C)c4n3)cc2)CC1.O=C(O)C(=O)O. The number of piperazine rings is 2. The molecule has 0 atom stereocenters. The van der Waals surface area contributed by atoms with Crippen molar-refractivity contribution in [3.8, 4) is 22.6 Å². The Hall–Kier alpha value is -4.24. The summed E-state index contributed by atoms with van der Waals surface area (Å²) in [6.45, 7) is 15.7. The highest BCUT2D eigenvalue weighted by Crippen LogP contribution is 2.30. The molecule has 13 heteroatoms. The zero-order chi connectivity index (χ0) is 36.9. The van der Waals surface area contributed by atoms with Gasteiger partial charge in [-0.25, -0.2) is 19.6 Å². The van der Waals surface area contributed by atoms with Gasteiger partial charge in [0.25, 0.3) is 0 Å². The number of carbonyl (C=O) groups is 2. The summed E-state index contributed by atoms with van der Waals surface area (Å²) >= 11 is 0. The number of benzene rings is 2. The first-order chi connectivity index (χ1) is 25.2. The van der Waals surface area contributed by atoms with Gasteiger partial charge in [-0.2, -0.15) is 0 Å². The Labute approximate surface area is 307 Å². The van der Waals surface area contributed by atoms with Gasteiger partial charge < -0.3 is 45.0 Å². The van der Waals surface area contributed by atoms with E-state index in [1.807, 2.05) is 0 Å². The number of hydrogen-bond acceptors (Lipinski definition) is 10. The van der Waals surface area contributed by atoms with Crippen LogP contribution in [0.1, 0.15) is 24.0 Å². The average molecular weight is 714 g/mol. The van der Waals surface area contributed by atoms with Gasteiger partial charge in [0.1, 0.15) is 5.65 Å². The maximum absolute atomic E-state index is 9.10. The number of nitrogens with zero attached hydrogens (tertiary/aromatic N) is 7. The quantitative estimate of drug-likeness (QED) is 0.113. The van der Waals surface area contributed by atoms with Crippen molar-refractivity contribution in [3.63, 3.8) is 0 Å². The van der Waals surface area contributed by atoms with Gasteiger partial charge in [-0.05, 0) is 70.3 Å². The second kappa shape index (κ2) is 19.6. The van der Waals surface area contributed by atoms with Crippen molar-refractivity contribution < 1.29 is 19.8 Å². The van der Waals surface area contributed by atoms with Gasteiger partial charge in [-0.1, -0.05) is 48.5 Å². The minimum atomic E-state index is -1.82. The smallest absolute Gasteiger partial charge is 0.414 e. The summed E-state index contributed by atoms with van der Waals surface area (Å²) in [6, 6.07) is 19.7. The van der Waals surface area contributed by atoms with Crippen LogP contribution in [0.5, 0.6) is 0 Å². The Morgan fingerprint density at radius 3 is 1.56 bits per heavy atom. The molecule has 0 amide bonds. The van der Waals surface area contributed by atoms with Crippen molar-refractivity contribution >= 4 is 23.0 Å². The summed E-state index contributed by atoms with van der Waals surface area (Å²) in [7, 11) is 6.48. The summed E-state index contributed by atoms with van der Waals surface area (Å²) in [6.07, 6.45) is 4.45. The number of hydrogen-bond donors (Lipinski definition) is 4. The highest BCUT2D eigenvalue weighted by molar-refractivity contribution is 6.27. The third-order valence-corrected chi connectivity index (χ3v) is 9.85. The van der Waals surface area contributed by atoms with Crippen LogP contribution in [-0.2, 0) is 29.7 Å². The van der Waals surface area contributed by atoms with Crippen LogP contribution in [0.3, 0.4) is 0 Å². The molecule has 4 heterocycles. The summed E-state index contributed by atoms with van der Waals surface area (Å²) < 4.78 is 2.09. The van der Waals surface area contributed by atoms with E-state index in [1.165, 1.54) is 89.4 Å². The Balaban J connectivity index is 0.000000803. The fourth-order valence-electron chi connectivity index (χ4n) is 6.50. The molecule has 6 rings (SSSR count). The molecule has 2 saturated heterocycles. The second-order valence-corrected chi connectivity index (χ2v) is 13.9. The van der Waals surface area contributed by atoms with E-state index in [9.17, 15) is 0 Å². The molecule has 0 aliphatic carbocycles. The van der Waals surface area contributed by atoms with E-state index in [-0.39, 0.29) is 0 Å². The average Bonchev–Trinajstić information content (AvgIpc) is 3.53. The zero-order valence-electron chi connectivity index (χ0n) is 30.9. The maximum atomic E-state index is 9.10. The minimum Gasteiger partial charge on any atom is -0.473 e. The predicted molar refractivity (Wildman–Crippen MR) is 205 cm³/mol. The second-order valence-electron chi connectivity index (χ2n) is 13.9. The third kappa shape index (κ3) is 11.6. The maximum Gasteiger partial charge on any atom is 0.414 e. The number of carboxylic acids is 2. The Morgan fingerprint density at radius 1 is 0.635 bits per heavy atom. The van der Waals surface area contributed by atoms with Crippen LogP contribution in [0.2, 0.25) is 0 Å². The van der Waals surface area contributed by atoms with E-state index in [0.717, 1.165) is 59.9 Å². The van der Waals surface area contributed by atoms with Gasteiger partial charge in [0, 0.05) is 95.2 Å². The van der Waals surface area contributed by atoms with Crippen molar-refractivity contribution in [1.82, 2.24) is 44.8 Å². The summed E-state index contributed by atoms with van der Waals surface area (Å²) in [5.41, 5.74) is 6.68. The van der Waals surface area contributed by atoms with Crippen LogP contribution >= 0.6 is 0 Å². The molecule has 0 unspecified atom stereocenters. The van der Waals surface area contributed by atoms with Gasteiger partial charge in [0.2, 0.25) is 0 Å². The van der Waals surface area contributed by atoms with Crippen LogP contribution in [0.15, 0.2) is 60.8 Å². The number of aryl methyl sites for hydroxylation is 1. The predicted octanol–water partition coefficient (Wildman–Crippen LogP) is 2.91. The first-order valence-electron chi connectivity index (χ1n) is 18.4. The Bertz CT molecular complexity index is 1700. The molecule has 2 fully saturated rings. The van der Waals surface area contributed by atoms with Crippen LogP contribution in [0.4, 0.5) is 0 Å². The molecular formula is C39H55N9O4. The fourth-order valence-corrected chi connectivity index (χ4v) is 6.50. The normalized spacial score (nSPS) is 16.1. The van der Waals surface area contributed by atoms with Gasteiger partial charge in [-0.3, -0.25) is 0 Å². The van der Waals surface area contributed by atoms with Gasteiger partial charge >= 0.3 is 11.9 Å². The lowest BCUT2D eigenvalue weighted by atomic mass is 10.1. The molecule has 2 aliphatic rings. The Morgan fingerprint density at radius 2 is 1.10 bits per heavy atom. The van der Waals surface area contributed by atoms with Crippen LogP contribution in [-0.4, -0.2) is 149 Å². The lowest BCUT2D eigenvalue weighted by molar-refractivity contribution is -0.159. The van der Waals surface area contributed by atoms with E-state index < -0.39 is 11.9 Å². The van der Waals surface area contributed by atoms with Crippen molar-refractivity contribution in [2.24, 2.45) is 7.05 Å². The molecule has 0 spiro atoms. The molecule has 2 aromatic heterocycles. The fraction of sp³-hybridized carbons (Fsp3) is 0.487. The molecule has 13 nitrogen and oxygen atoms in total. The van der Waals surface area contributed by atoms with E-state index in [0.29, 0.717) is 0 Å². The lowest BCUT2D eigenvalue weighted by Gasteiger charge is -2.32.